The summed E-state index contributed by atoms with van der Waals surface area (Å²) in [6.45, 7) is 0.0868. The minimum absolute atomic E-state index is 0.0447. The normalized spacial score (nSPS) is 11.9. The smallest absolute Gasteiger partial charge is 0.393 e. The number of hydrogen-bond acceptors (Lipinski definition) is 3. The fraction of sp³-hybridized carbons (Fsp3) is 0.308. The zero-order valence-corrected chi connectivity index (χ0v) is 11.4. The highest BCUT2D eigenvalue weighted by atomic mass is 19.4. The number of hydrogen-bond donors (Lipinski definition) is 1. The van der Waals surface area contributed by atoms with Crippen LogP contribution in [0.3, 0.4) is 0 Å². The van der Waals surface area contributed by atoms with Gasteiger partial charge >= 0.3 is 6.18 Å². The van der Waals surface area contributed by atoms with Gasteiger partial charge in [0.2, 0.25) is 0 Å². The molecule has 2 aromatic rings. The topological polar surface area (TPSA) is 62.2 Å². The second-order valence-corrected chi connectivity index (χ2v) is 4.48. The molecule has 0 aliphatic carbocycles. The second-order valence-electron chi connectivity index (χ2n) is 4.48. The van der Waals surface area contributed by atoms with Crippen LogP contribution < -0.4 is 11.3 Å². The van der Waals surface area contributed by atoms with Crippen molar-refractivity contribution in [1.82, 2.24) is 9.36 Å². The first-order chi connectivity index (χ1) is 9.77. The van der Waals surface area contributed by atoms with Gasteiger partial charge in [0.1, 0.15) is 5.69 Å². The molecular weight excluding hydrogens is 287 g/mol. The lowest BCUT2D eigenvalue weighted by Gasteiger charge is -2.12. The van der Waals surface area contributed by atoms with Crippen LogP contribution in [0.15, 0.2) is 29.1 Å². The first-order valence-electron chi connectivity index (χ1n) is 6.00. The molecule has 21 heavy (non-hydrogen) atoms. The van der Waals surface area contributed by atoms with Gasteiger partial charge in [-0.15, -0.1) is 0 Å². The molecule has 0 saturated carbocycles. The quantitative estimate of drug-likeness (QED) is 0.942. The predicted octanol–water partition coefficient (Wildman–Crippen LogP) is 1.92. The van der Waals surface area contributed by atoms with E-state index in [0.29, 0.717) is 5.69 Å². The number of anilines is 1. The molecule has 8 heteroatoms. The first-order valence-corrected chi connectivity index (χ1v) is 6.00. The maximum atomic E-state index is 12.8. The van der Waals surface area contributed by atoms with E-state index in [1.54, 1.807) is 0 Å². The fourth-order valence-corrected chi connectivity index (χ4v) is 2.08. The first kappa shape index (κ1) is 15.2. The van der Waals surface area contributed by atoms with E-state index in [-0.39, 0.29) is 18.0 Å². The summed E-state index contributed by atoms with van der Waals surface area (Å²) in [4.78, 5) is 12.1. The van der Waals surface area contributed by atoms with E-state index in [2.05, 4.69) is 0 Å². The molecule has 2 rings (SSSR count). The van der Waals surface area contributed by atoms with Gasteiger partial charge in [0.15, 0.2) is 0 Å². The Morgan fingerprint density at radius 2 is 2.00 bits per heavy atom. The Morgan fingerprint density at radius 3 is 2.57 bits per heavy atom. The third-order valence-electron chi connectivity index (χ3n) is 3.12. The summed E-state index contributed by atoms with van der Waals surface area (Å²) in [6, 6.07) is 4.49. The Morgan fingerprint density at radius 1 is 1.33 bits per heavy atom. The summed E-state index contributed by atoms with van der Waals surface area (Å²) >= 11 is 0. The number of ether oxygens (including phenoxy) is 1. The van der Waals surface area contributed by atoms with Crippen molar-refractivity contribution in [2.24, 2.45) is 7.05 Å². The lowest BCUT2D eigenvalue weighted by atomic mass is 10.2. The molecule has 0 saturated heterocycles. The average Bonchev–Trinajstić information content (AvgIpc) is 2.62. The molecule has 1 heterocycles. The van der Waals surface area contributed by atoms with Crippen molar-refractivity contribution >= 4 is 5.69 Å². The highest BCUT2D eigenvalue weighted by Crippen LogP contribution is 2.30. The van der Waals surface area contributed by atoms with E-state index in [4.69, 9.17) is 10.5 Å². The van der Waals surface area contributed by atoms with Crippen LogP contribution in [0.2, 0.25) is 0 Å². The van der Waals surface area contributed by atoms with Gasteiger partial charge in [-0.05, 0) is 18.2 Å². The van der Waals surface area contributed by atoms with Crippen LogP contribution in [-0.2, 0) is 24.6 Å². The van der Waals surface area contributed by atoms with Gasteiger partial charge in [-0.1, -0.05) is 6.07 Å². The van der Waals surface area contributed by atoms with E-state index >= 15 is 0 Å². The van der Waals surface area contributed by atoms with Crippen LogP contribution in [0.5, 0.6) is 0 Å². The molecule has 1 aromatic carbocycles. The molecule has 2 N–H and O–H groups in total. The van der Waals surface area contributed by atoms with Gasteiger partial charge in [-0.25, -0.2) is 4.68 Å². The molecule has 0 aliphatic heterocycles. The van der Waals surface area contributed by atoms with Crippen molar-refractivity contribution in [1.29, 1.82) is 0 Å². The Hall–Kier alpha value is -2.22. The maximum Gasteiger partial charge on any atom is 0.416 e. The Kier molecular flexibility index (Phi) is 3.82. The van der Waals surface area contributed by atoms with Crippen LogP contribution in [0, 0.1) is 0 Å². The van der Waals surface area contributed by atoms with E-state index in [9.17, 15) is 18.0 Å². The van der Waals surface area contributed by atoms with Gasteiger partial charge in [0.25, 0.3) is 5.56 Å². The third kappa shape index (κ3) is 2.66. The molecule has 114 valence electrons. The van der Waals surface area contributed by atoms with Gasteiger partial charge in [0, 0.05) is 14.2 Å². The monoisotopic (exact) mass is 301 g/mol. The zero-order valence-electron chi connectivity index (χ0n) is 11.4. The molecule has 0 unspecified atom stereocenters. The van der Waals surface area contributed by atoms with E-state index < -0.39 is 17.3 Å². The van der Waals surface area contributed by atoms with Crippen molar-refractivity contribution in [3.63, 3.8) is 0 Å². The van der Waals surface area contributed by atoms with E-state index in [0.717, 1.165) is 16.8 Å². The highest BCUT2D eigenvalue weighted by molar-refractivity contribution is 5.46. The summed E-state index contributed by atoms with van der Waals surface area (Å²) in [5, 5.41) is 0. The molecule has 0 atom stereocenters. The molecule has 0 fully saturated rings. The number of benzene rings is 1. The van der Waals surface area contributed by atoms with Crippen LogP contribution in [0.1, 0.15) is 11.3 Å². The number of nitrogens with zero attached hydrogens (tertiary/aromatic N) is 2. The Balaban J connectivity index is 2.63. The standard InChI is InChI=1S/C13H14F3N3O2/c1-18-10(7-21-2)11(17)12(20)19(18)9-5-3-4-8(6-9)13(14,15)16/h3-6H,7,17H2,1-2H3. The van der Waals surface area contributed by atoms with Crippen molar-refractivity contribution < 1.29 is 17.9 Å². The Bertz CT molecular complexity index is 716. The number of rotatable bonds is 3. The van der Waals surface area contributed by atoms with E-state index in [1.807, 2.05) is 0 Å². The molecular formula is C13H14F3N3O2. The van der Waals surface area contributed by atoms with Gasteiger partial charge in [-0.2, -0.15) is 13.2 Å². The summed E-state index contributed by atoms with van der Waals surface area (Å²) in [6.07, 6.45) is -4.48. The van der Waals surface area contributed by atoms with Crippen LogP contribution in [0.4, 0.5) is 18.9 Å². The van der Waals surface area contributed by atoms with Crippen LogP contribution >= 0.6 is 0 Å². The number of aromatic nitrogens is 2. The minimum atomic E-state index is -4.48. The molecule has 0 bridgehead atoms. The zero-order chi connectivity index (χ0) is 15.8. The van der Waals surface area contributed by atoms with Crippen molar-refractivity contribution in [2.45, 2.75) is 12.8 Å². The third-order valence-corrected chi connectivity index (χ3v) is 3.12. The molecule has 0 radical (unpaired) electrons. The number of nitrogen functional groups attached to an aromatic ring is 1. The molecule has 0 aliphatic rings. The molecule has 1 aromatic heterocycles. The SMILES string of the molecule is COCc1c(N)c(=O)n(-c2cccc(C(F)(F)F)c2)n1C. The van der Waals surface area contributed by atoms with Gasteiger partial charge in [0.05, 0.1) is 23.6 Å². The lowest BCUT2D eigenvalue weighted by Crippen LogP contribution is -2.21. The van der Waals surface area contributed by atoms with Crippen molar-refractivity contribution in [3.8, 4) is 5.69 Å². The van der Waals surface area contributed by atoms with Crippen molar-refractivity contribution in [2.75, 3.05) is 12.8 Å². The van der Waals surface area contributed by atoms with Gasteiger partial charge < -0.3 is 10.5 Å². The maximum absolute atomic E-state index is 12.8. The Labute approximate surface area is 118 Å². The number of alkyl halides is 3. The van der Waals surface area contributed by atoms with Crippen molar-refractivity contribution in [3.05, 3.63) is 45.9 Å². The molecule has 5 nitrogen and oxygen atoms in total. The second kappa shape index (κ2) is 5.28. The largest absolute Gasteiger partial charge is 0.416 e. The molecule has 0 amide bonds. The number of methoxy groups -OCH3 is 1. The lowest BCUT2D eigenvalue weighted by molar-refractivity contribution is -0.137. The van der Waals surface area contributed by atoms with E-state index in [1.165, 1.54) is 31.0 Å². The summed E-state index contributed by atoms with van der Waals surface area (Å²) < 4.78 is 45.7. The summed E-state index contributed by atoms with van der Waals surface area (Å²) in [7, 11) is 2.97. The fourth-order valence-electron chi connectivity index (χ4n) is 2.08. The minimum Gasteiger partial charge on any atom is -0.393 e. The summed E-state index contributed by atoms with van der Waals surface area (Å²) in [5.41, 5.74) is 4.73. The number of nitrogens with two attached hydrogens (primary N) is 1. The van der Waals surface area contributed by atoms with Crippen LogP contribution in [-0.4, -0.2) is 16.5 Å². The van der Waals surface area contributed by atoms with Gasteiger partial charge in [-0.3, -0.25) is 9.48 Å². The average molecular weight is 301 g/mol. The molecule has 0 spiro atoms. The summed E-state index contributed by atoms with van der Waals surface area (Å²) in [5.74, 6) is 0. The predicted molar refractivity (Wildman–Crippen MR) is 71.1 cm³/mol. The number of halogens is 3. The van der Waals surface area contributed by atoms with Crippen LogP contribution in [0.25, 0.3) is 5.69 Å². The highest BCUT2D eigenvalue weighted by Gasteiger charge is 2.31.